The van der Waals surface area contributed by atoms with Crippen molar-refractivity contribution in [1.82, 2.24) is 4.57 Å². The highest BCUT2D eigenvalue weighted by atomic mass is 32.2. The van der Waals surface area contributed by atoms with E-state index in [2.05, 4.69) is 0 Å². The van der Waals surface area contributed by atoms with Gasteiger partial charge in [-0.1, -0.05) is 30.3 Å². The average Bonchev–Trinajstić information content (AvgIpc) is 3.08. The largest absolute Gasteiger partial charge is 0.465 e. The van der Waals surface area contributed by atoms with E-state index in [-0.39, 0.29) is 22.8 Å². The van der Waals surface area contributed by atoms with Gasteiger partial charge in [-0.2, -0.15) is 0 Å². The Hall–Kier alpha value is -2.41. The number of rotatable bonds is 3. The third-order valence-corrected chi connectivity index (χ3v) is 4.91. The quantitative estimate of drug-likeness (QED) is 0.803. The van der Waals surface area contributed by atoms with Gasteiger partial charge < -0.3 is 14.0 Å². The molecule has 2 heterocycles. The summed E-state index contributed by atoms with van der Waals surface area (Å²) in [5, 5.41) is 0. The molecule has 2 aromatic rings. The van der Waals surface area contributed by atoms with Gasteiger partial charge in [0.2, 0.25) is 0 Å². The standard InChI is InChI=1S/C16H15NO5S/c1-21-15(18)12-11-8-23(20)9-17(11)14(13(12)16(19)22-2)10-6-4-3-5-7-10/h3-7H,8-9H2,1-2H3/t23-/m0/s1. The van der Waals surface area contributed by atoms with Crippen molar-refractivity contribution in [3.63, 3.8) is 0 Å². The van der Waals surface area contributed by atoms with E-state index in [1.165, 1.54) is 14.2 Å². The number of benzene rings is 1. The van der Waals surface area contributed by atoms with E-state index in [0.717, 1.165) is 5.56 Å². The Bertz CT molecular complexity index is 810. The van der Waals surface area contributed by atoms with Gasteiger partial charge >= 0.3 is 11.9 Å². The summed E-state index contributed by atoms with van der Waals surface area (Å²) in [5.74, 6) is -0.797. The molecule has 1 aliphatic rings. The highest BCUT2D eigenvalue weighted by Gasteiger charge is 2.36. The zero-order valence-corrected chi connectivity index (χ0v) is 13.5. The molecule has 0 fully saturated rings. The Morgan fingerprint density at radius 1 is 1.04 bits per heavy atom. The number of hydrogen-bond donors (Lipinski definition) is 0. The molecule has 0 radical (unpaired) electrons. The minimum absolute atomic E-state index is 0.143. The third-order valence-electron chi connectivity index (χ3n) is 3.77. The molecule has 0 unspecified atom stereocenters. The summed E-state index contributed by atoms with van der Waals surface area (Å²) in [6.07, 6.45) is 0. The lowest BCUT2D eigenvalue weighted by Crippen LogP contribution is -2.12. The van der Waals surface area contributed by atoms with Crippen LogP contribution in [0.4, 0.5) is 0 Å². The second kappa shape index (κ2) is 6.00. The summed E-state index contributed by atoms with van der Waals surface area (Å²) in [6, 6.07) is 9.18. The van der Waals surface area contributed by atoms with Gasteiger partial charge in [0.05, 0.1) is 37.1 Å². The van der Waals surface area contributed by atoms with Crippen molar-refractivity contribution in [3.8, 4) is 11.3 Å². The number of nitrogens with zero attached hydrogens (tertiary/aromatic N) is 1. The average molecular weight is 333 g/mol. The highest BCUT2D eigenvalue weighted by Crippen LogP contribution is 2.36. The van der Waals surface area contributed by atoms with Gasteiger partial charge in [-0.15, -0.1) is 0 Å². The van der Waals surface area contributed by atoms with Crippen molar-refractivity contribution in [2.75, 3.05) is 14.2 Å². The number of fused-ring (bicyclic) bond motifs is 1. The zero-order valence-electron chi connectivity index (χ0n) is 12.7. The molecule has 7 heteroatoms. The highest BCUT2D eigenvalue weighted by molar-refractivity contribution is 7.83. The van der Waals surface area contributed by atoms with E-state index < -0.39 is 22.7 Å². The predicted octanol–water partition coefficient (Wildman–Crippen LogP) is 1.95. The molecule has 1 aliphatic heterocycles. The molecule has 0 aliphatic carbocycles. The fourth-order valence-corrected chi connectivity index (χ4v) is 4.09. The number of aromatic nitrogens is 1. The minimum Gasteiger partial charge on any atom is -0.465 e. The first-order chi connectivity index (χ1) is 11.1. The molecule has 6 nitrogen and oxygen atoms in total. The molecule has 1 atom stereocenters. The number of esters is 2. The van der Waals surface area contributed by atoms with Crippen LogP contribution in [0, 0.1) is 0 Å². The van der Waals surface area contributed by atoms with E-state index in [1.807, 2.05) is 30.3 Å². The molecular weight excluding hydrogens is 318 g/mol. The maximum atomic E-state index is 12.3. The number of ether oxygens (including phenoxy) is 2. The summed E-state index contributed by atoms with van der Waals surface area (Å²) < 4.78 is 23.4. The van der Waals surface area contributed by atoms with Crippen LogP contribution in [0.2, 0.25) is 0 Å². The van der Waals surface area contributed by atoms with Crippen molar-refractivity contribution >= 4 is 22.7 Å². The van der Waals surface area contributed by atoms with Crippen LogP contribution >= 0.6 is 0 Å². The van der Waals surface area contributed by atoms with Gasteiger partial charge in [0.25, 0.3) is 0 Å². The molecule has 0 saturated heterocycles. The minimum atomic E-state index is -1.12. The van der Waals surface area contributed by atoms with Crippen LogP contribution in [-0.4, -0.2) is 34.9 Å². The summed E-state index contributed by atoms with van der Waals surface area (Å²) in [6.45, 7) is 0. The lowest BCUT2D eigenvalue weighted by molar-refractivity contribution is 0.0556. The SMILES string of the molecule is COC(=O)c1c(C(=O)OC)c(-c2ccccc2)n2c1C[S@](=O)C2. The summed E-state index contributed by atoms with van der Waals surface area (Å²) >= 11 is 0. The van der Waals surface area contributed by atoms with Crippen molar-refractivity contribution < 1.29 is 23.3 Å². The van der Waals surface area contributed by atoms with E-state index in [0.29, 0.717) is 11.4 Å². The van der Waals surface area contributed by atoms with Gasteiger partial charge in [0.1, 0.15) is 5.56 Å². The van der Waals surface area contributed by atoms with Crippen molar-refractivity contribution in [1.29, 1.82) is 0 Å². The summed E-state index contributed by atoms with van der Waals surface area (Å²) in [7, 11) is 1.39. The molecule has 1 aromatic carbocycles. The van der Waals surface area contributed by atoms with Crippen molar-refractivity contribution in [2.24, 2.45) is 0 Å². The number of hydrogen-bond acceptors (Lipinski definition) is 5. The van der Waals surface area contributed by atoms with E-state index in [4.69, 9.17) is 9.47 Å². The molecule has 0 amide bonds. The second-order valence-electron chi connectivity index (χ2n) is 5.04. The van der Waals surface area contributed by atoms with Crippen molar-refractivity contribution in [3.05, 3.63) is 47.2 Å². The van der Waals surface area contributed by atoms with Gasteiger partial charge in [0, 0.05) is 16.5 Å². The molecule has 0 bridgehead atoms. The van der Waals surface area contributed by atoms with E-state index in [9.17, 15) is 13.8 Å². The van der Waals surface area contributed by atoms with Gasteiger partial charge in [0.15, 0.2) is 0 Å². The van der Waals surface area contributed by atoms with Crippen LogP contribution in [-0.2, 0) is 31.9 Å². The molecule has 3 rings (SSSR count). The monoisotopic (exact) mass is 333 g/mol. The normalized spacial score (nSPS) is 16.0. The van der Waals surface area contributed by atoms with Gasteiger partial charge in [-0.05, 0) is 5.56 Å². The van der Waals surface area contributed by atoms with Gasteiger partial charge in [-0.3, -0.25) is 4.21 Å². The molecule has 0 N–H and O–H groups in total. The third kappa shape index (κ3) is 2.46. The zero-order chi connectivity index (χ0) is 16.6. The predicted molar refractivity (Wildman–Crippen MR) is 84.4 cm³/mol. The lowest BCUT2D eigenvalue weighted by Gasteiger charge is -2.08. The molecular formula is C16H15NO5S. The molecule has 1 aromatic heterocycles. The van der Waals surface area contributed by atoms with E-state index >= 15 is 0 Å². The summed E-state index contributed by atoms with van der Waals surface area (Å²) in [5.41, 5.74) is 2.15. The maximum Gasteiger partial charge on any atom is 0.340 e. The fraction of sp³-hybridized carbons (Fsp3) is 0.250. The summed E-state index contributed by atoms with van der Waals surface area (Å²) in [4.78, 5) is 24.5. The van der Waals surface area contributed by atoms with Crippen LogP contribution in [0.1, 0.15) is 26.4 Å². The fourth-order valence-electron chi connectivity index (χ4n) is 2.82. The molecule has 120 valence electrons. The maximum absolute atomic E-state index is 12.3. The van der Waals surface area contributed by atoms with Crippen molar-refractivity contribution in [2.45, 2.75) is 11.6 Å². The van der Waals surface area contributed by atoms with Crippen LogP contribution in [0.15, 0.2) is 30.3 Å². The van der Waals surface area contributed by atoms with Gasteiger partial charge in [-0.25, -0.2) is 9.59 Å². The Balaban J connectivity index is 2.36. The first-order valence-electron chi connectivity index (χ1n) is 6.90. The van der Waals surface area contributed by atoms with Crippen LogP contribution in [0.25, 0.3) is 11.3 Å². The van der Waals surface area contributed by atoms with Crippen LogP contribution in [0.5, 0.6) is 0 Å². The molecule has 23 heavy (non-hydrogen) atoms. The smallest absolute Gasteiger partial charge is 0.340 e. The number of methoxy groups -OCH3 is 2. The topological polar surface area (TPSA) is 74.6 Å². The molecule has 0 saturated carbocycles. The number of carbonyl (C=O) groups is 2. The Labute approximate surface area is 135 Å². The Morgan fingerprint density at radius 3 is 2.26 bits per heavy atom. The first kappa shape index (κ1) is 15.5. The number of carbonyl (C=O) groups excluding carboxylic acids is 2. The van der Waals surface area contributed by atoms with Crippen LogP contribution in [0.3, 0.4) is 0 Å². The first-order valence-corrected chi connectivity index (χ1v) is 8.39. The van der Waals surface area contributed by atoms with Crippen LogP contribution < -0.4 is 0 Å². The Kier molecular flexibility index (Phi) is 4.04. The lowest BCUT2D eigenvalue weighted by atomic mass is 10.0. The Morgan fingerprint density at radius 2 is 1.65 bits per heavy atom. The molecule has 0 spiro atoms. The van der Waals surface area contributed by atoms with E-state index in [1.54, 1.807) is 4.57 Å². The second-order valence-corrected chi connectivity index (χ2v) is 6.46.